The highest BCUT2D eigenvalue weighted by atomic mass is 32.2. The zero-order valence-corrected chi connectivity index (χ0v) is 12.4. The van der Waals surface area contributed by atoms with E-state index in [-0.39, 0.29) is 17.0 Å². The van der Waals surface area contributed by atoms with Gasteiger partial charge < -0.3 is 9.84 Å². The lowest BCUT2D eigenvalue weighted by atomic mass is 10.2. The molecule has 0 amide bonds. The van der Waals surface area contributed by atoms with Crippen LogP contribution in [0.15, 0.2) is 18.2 Å². The molecule has 0 radical (unpaired) electrons. The average molecular weight is 302 g/mol. The molecule has 0 saturated heterocycles. The van der Waals surface area contributed by atoms with Crippen LogP contribution in [0.3, 0.4) is 0 Å². The molecule has 0 spiro atoms. The molecular weight excluding hydrogens is 284 g/mol. The van der Waals surface area contributed by atoms with Crippen molar-refractivity contribution in [3.05, 3.63) is 23.8 Å². The quantitative estimate of drug-likeness (QED) is 0.793. The van der Waals surface area contributed by atoms with Crippen LogP contribution in [0.25, 0.3) is 0 Å². The summed E-state index contributed by atoms with van der Waals surface area (Å²) in [6, 6.07) is 4.01. The molecule has 0 aliphatic rings. The number of hydrogen-bond acceptors (Lipinski definition) is 4. The van der Waals surface area contributed by atoms with E-state index in [2.05, 4.69) is 4.72 Å². The Kier molecular flexibility index (Phi) is 5.34. The molecule has 7 nitrogen and oxygen atoms in total. The third-order valence-corrected chi connectivity index (χ3v) is 4.41. The van der Waals surface area contributed by atoms with E-state index in [0.717, 1.165) is 0 Å². The Labute approximate surface area is 118 Å². The Morgan fingerprint density at radius 2 is 1.95 bits per heavy atom. The van der Waals surface area contributed by atoms with E-state index in [0.29, 0.717) is 13.1 Å². The number of methoxy groups -OCH3 is 1. The third kappa shape index (κ3) is 3.61. The zero-order chi connectivity index (χ0) is 15.3. The fourth-order valence-electron chi connectivity index (χ4n) is 1.71. The van der Waals surface area contributed by atoms with Crippen LogP contribution in [0, 0.1) is 0 Å². The summed E-state index contributed by atoms with van der Waals surface area (Å²) in [4.78, 5) is 11.0. The normalized spacial score (nSPS) is 11.4. The molecule has 0 aliphatic carbocycles. The van der Waals surface area contributed by atoms with Crippen molar-refractivity contribution in [2.24, 2.45) is 0 Å². The van der Waals surface area contributed by atoms with Crippen LogP contribution in [0.5, 0.6) is 5.75 Å². The van der Waals surface area contributed by atoms with E-state index in [9.17, 15) is 13.2 Å². The highest BCUT2D eigenvalue weighted by molar-refractivity contribution is 7.90. The maximum atomic E-state index is 12.0. The van der Waals surface area contributed by atoms with Crippen LogP contribution in [-0.2, 0) is 10.2 Å². The van der Waals surface area contributed by atoms with Gasteiger partial charge in [0.05, 0.1) is 12.8 Å². The number of rotatable bonds is 7. The Hall–Kier alpha value is -1.80. The van der Waals surface area contributed by atoms with Crippen molar-refractivity contribution < 1.29 is 23.1 Å². The van der Waals surface area contributed by atoms with Gasteiger partial charge in [-0.3, -0.25) is 4.72 Å². The van der Waals surface area contributed by atoms with E-state index in [1.807, 2.05) is 0 Å². The average Bonchev–Trinajstić information content (AvgIpc) is 2.38. The fraction of sp³-hybridized carbons (Fsp3) is 0.417. The van der Waals surface area contributed by atoms with Gasteiger partial charge in [0.15, 0.2) is 0 Å². The second kappa shape index (κ2) is 6.58. The number of carboxylic acids is 1. The smallest absolute Gasteiger partial charge is 0.339 e. The van der Waals surface area contributed by atoms with Crippen LogP contribution in [0.4, 0.5) is 5.69 Å². The molecule has 0 heterocycles. The Morgan fingerprint density at radius 1 is 1.35 bits per heavy atom. The van der Waals surface area contributed by atoms with Gasteiger partial charge in [0.1, 0.15) is 11.3 Å². The first-order chi connectivity index (χ1) is 9.35. The first-order valence-corrected chi connectivity index (χ1v) is 7.48. The number of ether oxygens (including phenoxy) is 1. The van der Waals surface area contributed by atoms with Crippen LogP contribution < -0.4 is 9.46 Å². The molecule has 0 saturated carbocycles. The molecule has 1 aromatic carbocycles. The topological polar surface area (TPSA) is 95.9 Å². The number of anilines is 1. The molecular formula is C12H18N2O5S. The summed E-state index contributed by atoms with van der Waals surface area (Å²) in [5, 5.41) is 8.96. The van der Waals surface area contributed by atoms with E-state index >= 15 is 0 Å². The van der Waals surface area contributed by atoms with Crippen LogP contribution in [-0.4, -0.2) is 44.0 Å². The number of nitrogens with one attached hydrogen (secondary N) is 1. The van der Waals surface area contributed by atoms with Crippen molar-refractivity contribution in [1.29, 1.82) is 0 Å². The van der Waals surface area contributed by atoms with Crippen molar-refractivity contribution >= 4 is 21.9 Å². The maximum Gasteiger partial charge on any atom is 0.339 e. The van der Waals surface area contributed by atoms with Gasteiger partial charge in [-0.2, -0.15) is 12.7 Å². The molecule has 0 fully saturated rings. The molecule has 2 N–H and O–H groups in total. The molecule has 8 heteroatoms. The Morgan fingerprint density at radius 3 is 2.40 bits per heavy atom. The van der Waals surface area contributed by atoms with Crippen LogP contribution in [0.1, 0.15) is 24.2 Å². The molecule has 1 aromatic rings. The lowest BCUT2D eigenvalue weighted by Crippen LogP contribution is -2.35. The molecule has 0 aliphatic heterocycles. The number of carbonyl (C=O) groups is 1. The van der Waals surface area contributed by atoms with Crippen molar-refractivity contribution in [3.63, 3.8) is 0 Å². The fourth-order valence-corrected chi connectivity index (χ4v) is 2.94. The van der Waals surface area contributed by atoms with Crippen LogP contribution in [0.2, 0.25) is 0 Å². The standard InChI is InChI=1S/C12H18N2O5S/c1-4-14(5-2)20(17,18)13-9-6-7-10(12(15)16)11(8-9)19-3/h6-8,13H,4-5H2,1-3H3,(H,15,16). The molecule has 1 rings (SSSR count). The van der Waals surface area contributed by atoms with Gasteiger partial charge in [0.25, 0.3) is 0 Å². The molecule has 0 unspecified atom stereocenters. The number of nitrogens with zero attached hydrogens (tertiary/aromatic N) is 1. The van der Waals surface area contributed by atoms with Crippen LogP contribution >= 0.6 is 0 Å². The number of carboxylic acid groups (broad SMARTS) is 1. The molecule has 20 heavy (non-hydrogen) atoms. The first-order valence-electron chi connectivity index (χ1n) is 6.04. The summed E-state index contributed by atoms with van der Waals surface area (Å²) in [5.74, 6) is -1.04. The zero-order valence-electron chi connectivity index (χ0n) is 11.6. The molecule has 0 bridgehead atoms. The maximum absolute atomic E-state index is 12.0. The molecule has 112 valence electrons. The highest BCUT2D eigenvalue weighted by Crippen LogP contribution is 2.24. The van der Waals surface area contributed by atoms with E-state index in [4.69, 9.17) is 9.84 Å². The minimum atomic E-state index is -3.65. The van der Waals surface area contributed by atoms with Gasteiger partial charge in [-0.25, -0.2) is 4.79 Å². The minimum absolute atomic E-state index is 0.0294. The number of hydrogen-bond donors (Lipinski definition) is 2. The lowest BCUT2D eigenvalue weighted by Gasteiger charge is -2.19. The second-order valence-corrected chi connectivity index (χ2v) is 5.58. The predicted molar refractivity (Wildman–Crippen MR) is 75.4 cm³/mol. The summed E-state index contributed by atoms with van der Waals surface area (Å²) < 4.78 is 32.7. The predicted octanol–water partition coefficient (Wildman–Crippen LogP) is 1.39. The Balaban J connectivity index is 3.08. The molecule has 0 aromatic heterocycles. The van der Waals surface area contributed by atoms with Crippen molar-refractivity contribution in [2.45, 2.75) is 13.8 Å². The summed E-state index contributed by atoms with van der Waals surface area (Å²) in [7, 11) is -2.33. The third-order valence-electron chi connectivity index (χ3n) is 2.72. The SMILES string of the molecule is CCN(CC)S(=O)(=O)Nc1ccc(C(=O)O)c(OC)c1. The number of aromatic carboxylic acids is 1. The number of benzene rings is 1. The van der Waals surface area contributed by atoms with Gasteiger partial charge >= 0.3 is 16.2 Å². The van der Waals surface area contributed by atoms with Gasteiger partial charge in [-0.15, -0.1) is 0 Å². The summed E-state index contributed by atoms with van der Waals surface area (Å²) in [6.45, 7) is 4.15. The monoisotopic (exact) mass is 302 g/mol. The van der Waals surface area contributed by atoms with E-state index in [1.54, 1.807) is 13.8 Å². The molecule has 0 atom stereocenters. The summed E-state index contributed by atoms with van der Waals surface area (Å²) in [6.07, 6.45) is 0. The van der Waals surface area contributed by atoms with Crippen molar-refractivity contribution in [3.8, 4) is 5.75 Å². The minimum Gasteiger partial charge on any atom is -0.496 e. The second-order valence-electron chi connectivity index (χ2n) is 3.91. The lowest BCUT2D eigenvalue weighted by molar-refractivity contribution is 0.0693. The first kappa shape index (κ1) is 16.3. The van der Waals surface area contributed by atoms with Gasteiger partial charge in [0, 0.05) is 19.2 Å². The summed E-state index contributed by atoms with van der Waals surface area (Å²) in [5.41, 5.74) is 0.219. The Bertz CT molecular complexity index is 582. The van der Waals surface area contributed by atoms with Gasteiger partial charge in [-0.05, 0) is 12.1 Å². The van der Waals surface area contributed by atoms with Gasteiger partial charge in [-0.1, -0.05) is 13.8 Å². The highest BCUT2D eigenvalue weighted by Gasteiger charge is 2.19. The van der Waals surface area contributed by atoms with Crippen molar-refractivity contribution in [2.75, 3.05) is 24.9 Å². The van der Waals surface area contributed by atoms with Crippen molar-refractivity contribution in [1.82, 2.24) is 4.31 Å². The van der Waals surface area contributed by atoms with Gasteiger partial charge in [0.2, 0.25) is 0 Å². The summed E-state index contributed by atoms with van der Waals surface area (Å²) >= 11 is 0. The van der Waals surface area contributed by atoms with E-state index < -0.39 is 16.2 Å². The van der Waals surface area contributed by atoms with E-state index in [1.165, 1.54) is 29.6 Å². The largest absolute Gasteiger partial charge is 0.496 e.